The minimum absolute atomic E-state index is 0.00885. The van der Waals surface area contributed by atoms with E-state index < -0.39 is 42.4 Å². The highest BCUT2D eigenvalue weighted by molar-refractivity contribution is 6.13. The van der Waals surface area contributed by atoms with Crippen LogP contribution < -0.4 is 0 Å². The second kappa shape index (κ2) is 8.97. The van der Waals surface area contributed by atoms with E-state index >= 15 is 0 Å². The predicted molar refractivity (Wildman–Crippen MR) is 94.3 cm³/mol. The third-order valence-corrected chi connectivity index (χ3v) is 3.94. The van der Waals surface area contributed by atoms with Gasteiger partial charge in [-0.15, -0.1) is 0 Å². The summed E-state index contributed by atoms with van der Waals surface area (Å²) in [7, 11) is 0. The molecule has 0 radical (unpaired) electrons. The van der Waals surface area contributed by atoms with Crippen molar-refractivity contribution in [1.82, 2.24) is 4.90 Å². The molecule has 29 heavy (non-hydrogen) atoms. The number of alkyl halides is 3. The van der Waals surface area contributed by atoms with Crippen molar-refractivity contribution in [3.8, 4) is 0 Å². The number of esters is 2. The van der Waals surface area contributed by atoms with Crippen LogP contribution >= 0.6 is 0 Å². The van der Waals surface area contributed by atoms with Gasteiger partial charge in [0.1, 0.15) is 12.2 Å². The fraction of sp³-hybridized carbons (Fsp3) is 0.421. The molecule has 0 fully saturated rings. The van der Waals surface area contributed by atoms with Crippen molar-refractivity contribution >= 4 is 23.5 Å². The predicted octanol–water partition coefficient (Wildman–Crippen LogP) is 2.90. The maximum Gasteiger partial charge on any atom is 0.425 e. The quantitative estimate of drug-likeness (QED) is 0.608. The van der Waals surface area contributed by atoms with Crippen LogP contribution in [0, 0.1) is 0 Å². The van der Waals surface area contributed by atoms with Gasteiger partial charge in [-0.25, -0.2) is 4.79 Å². The molecule has 1 aromatic rings. The number of amides is 1. The van der Waals surface area contributed by atoms with Crippen LogP contribution in [-0.4, -0.2) is 54.8 Å². The molecule has 0 aliphatic carbocycles. The monoisotopic (exact) mass is 415 g/mol. The van der Waals surface area contributed by atoms with Crippen molar-refractivity contribution in [2.45, 2.75) is 33.1 Å². The lowest BCUT2D eigenvalue weighted by molar-refractivity contribution is -0.206. The average molecular weight is 415 g/mol. The standard InChI is InChI=1S/C19H20F3NO6/c1-4-27-14(24)10-23-15(16(17(23)25)29-11(3)19(20,21)22)12-6-8-13(9-7-12)18(26)28-5-2/h6-9,11H,4-5,10H2,1-3H3. The number of halogens is 3. The number of carbonyl (C=O) groups excluding carboxylic acids is 3. The van der Waals surface area contributed by atoms with E-state index in [1.54, 1.807) is 13.8 Å². The molecule has 7 nitrogen and oxygen atoms in total. The van der Waals surface area contributed by atoms with Gasteiger partial charge in [-0.3, -0.25) is 14.5 Å². The molecule has 158 valence electrons. The van der Waals surface area contributed by atoms with Crippen LogP contribution in [0.4, 0.5) is 13.2 Å². The second-order valence-electron chi connectivity index (χ2n) is 5.97. The van der Waals surface area contributed by atoms with Crippen molar-refractivity contribution in [1.29, 1.82) is 0 Å². The van der Waals surface area contributed by atoms with Crippen LogP contribution in [0.3, 0.4) is 0 Å². The molecular weight excluding hydrogens is 395 g/mol. The SMILES string of the molecule is CCOC(=O)CN1C(=O)C(OC(C)C(F)(F)F)=C1c1ccc(C(=O)OCC)cc1. The third-order valence-electron chi connectivity index (χ3n) is 3.94. The molecule has 1 aliphatic heterocycles. The van der Waals surface area contributed by atoms with E-state index in [2.05, 4.69) is 0 Å². The number of nitrogens with zero attached hydrogens (tertiary/aromatic N) is 1. The Bertz CT molecular complexity index is 816. The van der Waals surface area contributed by atoms with Crippen molar-refractivity contribution < 1.29 is 41.8 Å². The van der Waals surface area contributed by atoms with Crippen LogP contribution in [0.2, 0.25) is 0 Å². The van der Waals surface area contributed by atoms with Gasteiger partial charge in [-0.2, -0.15) is 13.2 Å². The minimum Gasteiger partial charge on any atom is -0.474 e. The Balaban J connectivity index is 2.36. The highest BCUT2D eigenvalue weighted by atomic mass is 19.4. The lowest BCUT2D eigenvalue weighted by Crippen LogP contribution is -2.47. The highest BCUT2D eigenvalue weighted by Crippen LogP contribution is 2.37. The van der Waals surface area contributed by atoms with Crippen molar-refractivity contribution in [2.75, 3.05) is 19.8 Å². The molecule has 1 heterocycles. The van der Waals surface area contributed by atoms with Crippen LogP contribution in [0.15, 0.2) is 30.0 Å². The van der Waals surface area contributed by atoms with Gasteiger partial charge in [0, 0.05) is 5.56 Å². The minimum atomic E-state index is -4.67. The van der Waals surface area contributed by atoms with E-state index in [1.807, 2.05) is 0 Å². The summed E-state index contributed by atoms with van der Waals surface area (Å²) in [6.45, 7) is 3.80. The zero-order chi connectivity index (χ0) is 21.8. The molecule has 0 N–H and O–H groups in total. The van der Waals surface area contributed by atoms with Gasteiger partial charge < -0.3 is 14.2 Å². The number of carbonyl (C=O) groups is 3. The molecule has 0 saturated carbocycles. The van der Waals surface area contributed by atoms with E-state index in [0.29, 0.717) is 5.56 Å². The molecule has 2 rings (SSSR count). The van der Waals surface area contributed by atoms with Gasteiger partial charge in [0.05, 0.1) is 18.8 Å². The van der Waals surface area contributed by atoms with Crippen LogP contribution in [0.5, 0.6) is 0 Å². The molecule has 0 saturated heterocycles. The van der Waals surface area contributed by atoms with Crippen molar-refractivity contribution in [3.05, 3.63) is 41.2 Å². The average Bonchev–Trinajstić information content (AvgIpc) is 2.66. The van der Waals surface area contributed by atoms with Gasteiger partial charge in [0.15, 0.2) is 6.10 Å². The van der Waals surface area contributed by atoms with Crippen LogP contribution in [-0.2, 0) is 23.8 Å². The van der Waals surface area contributed by atoms with Crippen molar-refractivity contribution in [2.24, 2.45) is 0 Å². The first kappa shape index (κ1) is 22.3. The number of hydrogen-bond acceptors (Lipinski definition) is 6. The number of benzene rings is 1. The smallest absolute Gasteiger partial charge is 0.425 e. The summed E-state index contributed by atoms with van der Waals surface area (Å²) in [6.07, 6.45) is -6.90. The molecule has 1 unspecified atom stereocenters. The normalized spacial score (nSPS) is 15.0. The van der Waals surface area contributed by atoms with Crippen LogP contribution in [0.1, 0.15) is 36.7 Å². The van der Waals surface area contributed by atoms with E-state index in [-0.39, 0.29) is 24.5 Å². The molecule has 1 aliphatic rings. The summed E-state index contributed by atoms with van der Waals surface area (Å²) in [4.78, 5) is 36.8. The number of rotatable bonds is 8. The Hall–Kier alpha value is -3.04. The summed E-state index contributed by atoms with van der Waals surface area (Å²) < 4.78 is 53.1. The number of hydrogen-bond donors (Lipinski definition) is 0. The Kier molecular flexibility index (Phi) is 6.89. The molecule has 0 spiro atoms. The van der Waals surface area contributed by atoms with Gasteiger partial charge in [-0.1, -0.05) is 12.1 Å². The number of ether oxygens (including phenoxy) is 3. The van der Waals surface area contributed by atoms with Gasteiger partial charge in [0.25, 0.3) is 5.91 Å². The maximum absolute atomic E-state index is 12.9. The zero-order valence-corrected chi connectivity index (χ0v) is 16.0. The highest BCUT2D eigenvalue weighted by Gasteiger charge is 2.46. The van der Waals surface area contributed by atoms with Crippen molar-refractivity contribution in [3.63, 3.8) is 0 Å². The molecule has 1 amide bonds. The fourth-order valence-electron chi connectivity index (χ4n) is 2.50. The molecule has 10 heteroatoms. The van der Waals surface area contributed by atoms with E-state index in [9.17, 15) is 27.6 Å². The first-order valence-corrected chi connectivity index (χ1v) is 8.82. The Labute approximate surface area is 165 Å². The molecule has 0 aromatic heterocycles. The third kappa shape index (κ3) is 5.07. The Morgan fingerprint density at radius 2 is 1.66 bits per heavy atom. The first-order chi connectivity index (χ1) is 13.6. The van der Waals surface area contributed by atoms with Gasteiger partial charge in [0.2, 0.25) is 5.76 Å². The topological polar surface area (TPSA) is 82.1 Å². The maximum atomic E-state index is 12.9. The summed E-state index contributed by atoms with van der Waals surface area (Å²) in [5.74, 6) is -2.66. The largest absolute Gasteiger partial charge is 0.474 e. The molecule has 1 aromatic carbocycles. The Morgan fingerprint density at radius 1 is 1.07 bits per heavy atom. The molecule has 0 bridgehead atoms. The lowest BCUT2D eigenvalue weighted by atomic mass is 10.0. The zero-order valence-electron chi connectivity index (χ0n) is 16.0. The molecular formula is C19H20F3NO6. The van der Waals surface area contributed by atoms with E-state index in [1.165, 1.54) is 24.3 Å². The van der Waals surface area contributed by atoms with E-state index in [0.717, 1.165) is 11.8 Å². The van der Waals surface area contributed by atoms with Crippen LogP contribution in [0.25, 0.3) is 5.70 Å². The summed E-state index contributed by atoms with van der Waals surface area (Å²) >= 11 is 0. The Morgan fingerprint density at radius 3 is 2.17 bits per heavy atom. The van der Waals surface area contributed by atoms with Gasteiger partial charge >= 0.3 is 18.1 Å². The molecule has 1 atom stereocenters. The lowest BCUT2D eigenvalue weighted by Gasteiger charge is -2.36. The van der Waals surface area contributed by atoms with E-state index in [4.69, 9.17) is 14.2 Å². The second-order valence-corrected chi connectivity index (χ2v) is 5.97. The fourth-order valence-corrected chi connectivity index (χ4v) is 2.50. The summed E-state index contributed by atoms with van der Waals surface area (Å²) in [5, 5.41) is 0. The summed E-state index contributed by atoms with van der Waals surface area (Å²) in [6, 6.07) is 5.65. The van der Waals surface area contributed by atoms with Gasteiger partial charge in [-0.05, 0) is 32.9 Å². The first-order valence-electron chi connectivity index (χ1n) is 8.82. The summed E-state index contributed by atoms with van der Waals surface area (Å²) in [5.41, 5.74) is 0.533.